The second-order valence-electron chi connectivity index (χ2n) is 7.14. The number of carbonyl (C=O) groups excluding carboxylic acids is 1. The molecule has 4 N–H and O–H groups in total. The molecule has 0 aliphatic carbocycles. The lowest BCUT2D eigenvalue weighted by atomic mass is 10.1. The highest BCUT2D eigenvalue weighted by Crippen LogP contribution is 2.28. The van der Waals surface area contributed by atoms with Crippen LogP contribution >= 0.6 is 0 Å². The molecule has 0 saturated heterocycles. The van der Waals surface area contributed by atoms with Gasteiger partial charge < -0.3 is 15.2 Å². The number of ether oxygens (including phenoxy) is 2. The summed E-state index contributed by atoms with van der Waals surface area (Å²) < 4.78 is 16.9. The summed E-state index contributed by atoms with van der Waals surface area (Å²) in [5.74, 6) is 0.967. The lowest BCUT2D eigenvalue weighted by Crippen LogP contribution is -2.36. The van der Waals surface area contributed by atoms with E-state index in [-0.39, 0.29) is 17.3 Å². The maximum absolute atomic E-state index is 13.1. The molecule has 0 radical (unpaired) electrons. The number of carbonyl (C=O) groups is 1. The van der Waals surface area contributed by atoms with Crippen LogP contribution < -0.4 is 26.1 Å². The number of hydrazine groups is 1. The zero-order valence-electron chi connectivity index (χ0n) is 19.2. The van der Waals surface area contributed by atoms with Crippen LogP contribution in [0, 0.1) is 0 Å². The Hall–Kier alpha value is -4.87. The van der Waals surface area contributed by atoms with Crippen molar-refractivity contribution in [3.05, 3.63) is 66.4 Å². The van der Waals surface area contributed by atoms with Crippen LogP contribution in [0.2, 0.25) is 0 Å². The maximum Gasteiger partial charge on any atom is 0.292 e. The van der Waals surface area contributed by atoms with E-state index in [0.29, 0.717) is 35.9 Å². The minimum Gasteiger partial charge on any atom is -0.494 e. The minimum absolute atomic E-state index is 0.00366. The zero-order valence-corrected chi connectivity index (χ0v) is 19.2. The molecule has 12 heteroatoms. The van der Waals surface area contributed by atoms with Crippen LogP contribution in [0.3, 0.4) is 0 Å². The van der Waals surface area contributed by atoms with E-state index in [1.54, 1.807) is 24.3 Å². The third-order valence-corrected chi connectivity index (χ3v) is 4.86. The van der Waals surface area contributed by atoms with Gasteiger partial charge in [-0.25, -0.2) is 4.63 Å². The van der Waals surface area contributed by atoms with Gasteiger partial charge in [0.15, 0.2) is 5.69 Å². The van der Waals surface area contributed by atoms with Gasteiger partial charge in [-0.2, -0.15) is 4.68 Å². The molecule has 0 atom stereocenters. The van der Waals surface area contributed by atoms with Crippen LogP contribution in [0.5, 0.6) is 11.5 Å². The smallest absolute Gasteiger partial charge is 0.292 e. The lowest BCUT2D eigenvalue weighted by Gasteiger charge is -2.12. The molecule has 4 aromatic rings. The van der Waals surface area contributed by atoms with Crippen molar-refractivity contribution in [2.24, 2.45) is 0 Å². The molecule has 0 spiro atoms. The first-order valence-corrected chi connectivity index (χ1v) is 10.8. The highest BCUT2D eigenvalue weighted by molar-refractivity contribution is 5.98. The van der Waals surface area contributed by atoms with Crippen molar-refractivity contribution in [3.63, 3.8) is 0 Å². The fourth-order valence-corrected chi connectivity index (χ4v) is 3.24. The van der Waals surface area contributed by atoms with Crippen molar-refractivity contribution < 1.29 is 18.9 Å². The molecule has 2 aromatic heterocycles. The Kier molecular flexibility index (Phi) is 6.91. The van der Waals surface area contributed by atoms with Gasteiger partial charge >= 0.3 is 0 Å². The normalized spacial score (nSPS) is 10.6. The number of hydrogen-bond acceptors (Lipinski definition) is 10. The number of benzene rings is 2. The number of nitrogens with one attached hydrogen (secondary N) is 2. The van der Waals surface area contributed by atoms with Gasteiger partial charge in [0.1, 0.15) is 17.2 Å². The Bertz CT molecular complexity index is 1310. The molecule has 0 bridgehead atoms. The average molecular weight is 476 g/mol. The Labute approximate surface area is 200 Å². The van der Waals surface area contributed by atoms with Gasteiger partial charge in [0.2, 0.25) is 11.6 Å². The number of nitrogen functional groups attached to an aromatic ring is 1. The van der Waals surface area contributed by atoms with E-state index in [1.165, 1.54) is 4.68 Å². The molecule has 4 rings (SSSR count). The van der Waals surface area contributed by atoms with Gasteiger partial charge in [-0.3, -0.25) is 15.6 Å². The number of rotatable bonds is 10. The molecular formula is C23H24N8O4. The number of anilines is 1. The first-order valence-electron chi connectivity index (χ1n) is 10.8. The number of aromatic nitrogens is 5. The number of nitrogens with two attached hydrogens (primary N) is 1. The largest absolute Gasteiger partial charge is 0.494 e. The summed E-state index contributed by atoms with van der Waals surface area (Å²) in [5.41, 5.74) is 13.5. The highest BCUT2D eigenvalue weighted by Gasteiger charge is 2.25. The quantitative estimate of drug-likeness (QED) is 0.291. The van der Waals surface area contributed by atoms with Crippen LogP contribution in [0.25, 0.3) is 22.8 Å². The van der Waals surface area contributed by atoms with Crippen molar-refractivity contribution in [2.45, 2.75) is 13.8 Å². The predicted octanol–water partition coefficient (Wildman–Crippen LogP) is 2.60. The molecule has 12 nitrogen and oxygen atoms in total. The molecule has 0 fully saturated rings. The van der Waals surface area contributed by atoms with Gasteiger partial charge in [-0.1, -0.05) is 11.8 Å². The molecule has 35 heavy (non-hydrogen) atoms. The van der Waals surface area contributed by atoms with E-state index in [1.807, 2.05) is 38.1 Å². The third-order valence-electron chi connectivity index (χ3n) is 4.86. The summed E-state index contributed by atoms with van der Waals surface area (Å²) >= 11 is 0. The van der Waals surface area contributed by atoms with E-state index in [0.717, 1.165) is 11.3 Å². The van der Waals surface area contributed by atoms with Crippen molar-refractivity contribution in [1.82, 2.24) is 36.2 Å². The van der Waals surface area contributed by atoms with Gasteiger partial charge in [0.05, 0.1) is 18.9 Å². The maximum atomic E-state index is 13.1. The number of nitrogens with zero attached hydrogens (tertiary/aromatic N) is 5. The molecule has 2 aromatic carbocycles. The second-order valence-corrected chi connectivity index (χ2v) is 7.14. The fraction of sp³-hybridized carbons (Fsp3) is 0.174. The van der Waals surface area contributed by atoms with E-state index in [2.05, 4.69) is 38.1 Å². The van der Waals surface area contributed by atoms with Crippen LogP contribution in [-0.2, 0) is 0 Å². The molecule has 0 saturated carbocycles. The molecular weight excluding hydrogens is 452 g/mol. The van der Waals surface area contributed by atoms with Crippen molar-refractivity contribution in [1.29, 1.82) is 0 Å². The van der Waals surface area contributed by atoms with E-state index in [4.69, 9.17) is 19.8 Å². The molecule has 180 valence electrons. The van der Waals surface area contributed by atoms with Crippen molar-refractivity contribution in [2.75, 3.05) is 18.9 Å². The summed E-state index contributed by atoms with van der Waals surface area (Å²) in [6.07, 6.45) is 0. The summed E-state index contributed by atoms with van der Waals surface area (Å²) in [6.45, 7) is 8.86. The summed E-state index contributed by atoms with van der Waals surface area (Å²) in [4.78, 5) is 13.1. The van der Waals surface area contributed by atoms with Crippen LogP contribution in [0.1, 0.15) is 29.9 Å². The highest BCUT2D eigenvalue weighted by atomic mass is 16.6. The van der Waals surface area contributed by atoms with Gasteiger partial charge in [-0.05, 0) is 78.3 Å². The summed E-state index contributed by atoms with van der Waals surface area (Å²) in [7, 11) is 0. The SMILES string of the molecule is C=C(NNC(=O)c1nnn(-c2nonc2N)c1-c1ccc(OCC)cc1)c1ccc(OCC)cc1. The van der Waals surface area contributed by atoms with Crippen molar-refractivity contribution in [3.8, 4) is 28.6 Å². The van der Waals surface area contributed by atoms with Gasteiger partial charge in [0.25, 0.3) is 5.91 Å². The zero-order chi connectivity index (χ0) is 24.8. The first kappa shape index (κ1) is 23.3. The second kappa shape index (κ2) is 10.4. The Balaban J connectivity index is 1.58. The van der Waals surface area contributed by atoms with Crippen LogP contribution in [0.4, 0.5) is 5.82 Å². The summed E-state index contributed by atoms with van der Waals surface area (Å²) in [6, 6.07) is 14.4. The third kappa shape index (κ3) is 5.05. The van der Waals surface area contributed by atoms with Gasteiger partial charge in [0, 0.05) is 5.56 Å². The molecule has 0 aliphatic rings. The molecule has 1 amide bonds. The fourth-order valence-electron chi connectivity index (χ4n) is 3.24. The monoisotopic (exact) mass is 476 g/mol. The summed E-state index contributed by atoms with van der Waals surface area (Å²) in [5, 5.41) is 15.5. The molecule has 0 unspecified atom stereocenters. The first-order chi connectivity index (χ1) is 17.0. The average Bonchev–Trinajstić information content (AvgIpc) is 3.49. The topological polar surface area (TPSA) is 155 Å². The van der Waals surface area contributed by atoms with Crippen LogP contribution in [-0.4, -0.2) is 44.4 Å². The van der Waals surface area contributed by atoms with E-state index >= 15 is 0 Å². The number of hydrogen-bond donors (Lipinski definition) is 3. The van der Waals surface area contributed by atoms with E-state index in [9.17, 15) is 4.79 Å². The van der Waals surface area contributed by atoms with E-state index < -0.39 is 5.91 Å². The van der Waals surface area contributed by atoms with Crippen molar-refractivity contribution >= 4 is 17.4 Å². The lowest BCUT2D eigenvalue weighted by molar-refractivity contribution is 0.0938. The molecule has 2 heterocycles. The van der Waals surface area contributed by atoms with Crippen LogP contribution in [0.15, 0.2) is 59.7 Å². The Morgan fingerprint density at radius 2 is 1.63 bits per heavy atom. The standard InChI is InChI=1S/C23H24N8O4/c1-4-33-17-10-6-15(7-11-17)14(3)25-27-23(32)19-20(16-8-12-18(13-9-16)34-5-2)31(30-26-19)22-21(24)28-35-29-22/h6-13,25H,3-5H2,1-2H3,(H2,24,28)(H,27,32). The van der Waals surface area contributed by atoms with Gasteiger partial charge in [-0.15, -0.1) is 5.10 Å². The minimum atomic E-state index is -0.553. The molecule has 0 aliphatic heterocycles. The predicted molar refractivity (Wildman–Crippen MR) is 127 cm³/mol. The number of amides is 1. The Morgan fingerprint density at radius 3 is 2.20 bits per heavy atom. The Morgan fingerprint density at radius 1 is 1.00 bits per heavy atom.